The average Bonchev–Trinajstić information content (AvgIpc) is 3.01. The molecule has 0 saturated carbocycles. The molecule has 0 aliphatic heterocycles. The molecule has 1 aliphatic carbocycles. The van der Waals surface area contributed by atoms with Crippen LogP contribution >= 0.6 is 0 Å². The normalized spacial score (nSPS) is 14.2. The standard InChI is InChI=1S/C21H20N2O3/c1-3-26-20(25)21(11-15-7-4-5-8-16(15)12-21)23-19(24)18-10-6-9-17(13-22)14(18)2/h4-10H,3,11-12H2,1-2H3,(H,23,24). The molecule has 0 aromatic heterocycles. The number of esters is 1. The lowest BCUT2D eigenvalue weighted by molar-refractivity contribution is -0.150. The predicted octanol–water partition coefficient (Wildman–Crippen LogP) is 2.70. The van der Waals surface area contributed by atoms with Crippen LogP contribution in [0.1, 0.15) is 39.5 Å². The van der Waals surface area contributed by atoms with Gasteiger partial charge in [0.15, 0.2) is 0 Å². The van der Waals surface area contributed by atoms with Crippen LogP contribution in [0.3, 0.4) is 0 Å². The molecule has 0 spiro atoms. The molecule has 1 N–H and O–H groups in total. The van der Waals surface area contributed by atoms with E-state index >= 15 is 0 Å². The highest BCUT2D eigenvalue weighted by Gasteiger charge is 2.46. The van der Waals surface area contributed by atoms with E-state index in [1.165, 1.54) is 0 Å². The number of carbonyl (C=O) groups excluding carboxylic acids is 2. The lowest BCUT2D eigenvalue weighted by Crippen LogP contribution is -2.56. The van der Waals surface area contributed by atoms with Crippen LogP contribution in [0.15, 0.2) is 42.5 Å². The summed E-state index contributed by atoms with van der Waals surface area (Å²) < 4.78 is 5.27. The van der Waals surface area contributed by atoms with Gasteiger partial charge >= 0.3 is 5.97 Å². The van der Waals surface area contributed by atoms with Crippen LogP contribution in [0.25, 0.3) is 0 Å². The van der Waals surface area contributed by atoms with Crippen molar-refractivity contribution in [3.05, 3.63) is 70.3 Å². The third-order valence-electron chi connectivity index (χ3n) is 4.82. The topological polar surface area (TPSA) is 79.2 Å². The number of carbonyl (C=O) groups is 2. The van der Waals surface area contributed by atoms with Gasteiger partial charge in [0.25, 0.3) is 5.91 Å². The molecule has 5 heteroatoms. The van der Waals surface area contributed by atoms with E-state index in [2.05, 4.69) is 11.4 Å². The van der Waals surface area contributed by atoms with Crippen molar-refractivity contribution in [1.82, 2.24) is 5.32 Å². The summed E-state index contributed by atoms with van der Waals surface area (Å²) in [4.78, 5) is 25.6. The second kappa shape index (κ2) is 7.01. The van der Waals surface area contributed by atoms with Gasteiger partial charge in [0.2, 0.25) is 0 Å². The Hall–Kier alpha value is -3.13. The van der Waals surface area contributed by atoms with E-state index in [-0.39, 0.29) is 12.5 Å². The monoisotopic (exact) mass is 348 g/mol. The third kappa shape index (κ3) is 3.06. The highest BCUT2D eigenvalue weighted by Crippen LogP contribution is 2.32. The van der Waals surface area contributed by atoms with Crippen LogP contribution in [-0.4, -0.2) is 24.0 Å². The fourth-order valence-corrected chi connectivity index (χ4v) is 3.46. The van der Waals surface area contributed by atoms with E-state index in [0.29, 0.717) is 29.5 Å². The molecule has 26 heavy (non-hydrogen) atoms. The Balaban J connectivity index is 1.95. The van der Waals surface area contributed by atoms with Crippen LogP contribution in [0.4, 0.5) is 0 Å². The molecule has 5 nitrogen and oxygen atoms in total. The van der Waals surface area contributed by atoms with Crippen molar-refractivity contribution in [2.75, 3.05) is 6.61 Å². The summed E-state index contributed by atoms with van der Waals surface area (Å²) in [6.07, 6.45) is 0.787. The number of rotatable bonds is 4. The van der Waals surface area contributed by atoms with E-state index in [0.717, 1.165) is 11.1 Å². The van der Waals surface area contributed by atoms with Crippen molar-refractivity contribution >= 4 is 11.9 Å². The predicted molar refractivity (Wildman–Crippen MR) is 96.6 cm³/mol. The molecule has 132 valence electrons. The van der Waals surface area contributed by atoms with Gasteiger partial charge in [-0.1, -0.05) is 30.3 Å². The number of hydrogen-bond donors (Lipinski definition) is 1. The zero-order valence-corrected chi connectivity index (χ0v) is 14.8. The molecular formula is C21H20N2O3. The van der Waals surface area contributed by atoms with Crippen LogP contribution in [0.2, 0.25) is 0 Å². The van der Waals surface area contributed by atoms with Crippen molar-refractivity contribution in [1.29, 1.82) is 5.26 Å². The zero-order chi connectivity index (χ0) is 18.7. The summed E-state index contributed by atoms with van der Waals surface area (Å²) in [6.45, 7) is 3.72. The van der Waals surface area contributed by atoms with Gasteiger partial charge in [0.1, 0.15) is 5.54 Å². The number of hydrogen-bond acceptors (Lipinski definition) is 4. The minimum Gasteiger partial charge on any atom is -0.464 e. The minimum absolute atomic E-state index is 0.246. The van der Waals surface area contributed by atoms with Gasteiger partial charge in [-0.05, 0) is 42.7 Å². The molecule has 2 aromatic carbocycles. The van der Waals surface area contributed by atoms with Crippen molar-refractivity contribution in [3.63, 3.8) is 0 Å². The Kier molecular flexibility index (Phi) is 4.77. The molecule has 0 saturated heterocycles. The molecule has 0 heterocycles. The number of amides is 1. The molecular weight excluding hydrogens is 328 g/mol. The number of ether oxygens (including phenoxy) is 1. The lowest BCUT2D eigenvalue weighted by Gasteiger charge is -2.28. The van der Waals surface area contributed by atoms with Crippen LogP contribution in [0.5, 0.6) is 0 Å². The van der Waals surface area contributed by atoms with E-state index in [1.54, 1.807) is 32.0 Å². The first-order valence-electron chi connectivity index (χ1n) is 8.57. The van der Waals surface area contributed by atoms with E-state index < -0.39 is 11.5 Å². The largest absolute Gasteiger partial charge is 0.464 e. The third-order valence-corrected chi connectivity index (χ3v) is 4.82. The fourth-order valence-electron chi connectivity index (χ4n) is 3.46. The van der Waals surface area contributed by atoms with Crippen molar-refractivity contribution < 1.29 is 14.3 Å². The van der Waals surface area contributed by atoms with Gasteiger partial charge < -0.3 is 10.1 Å². The summed E-state index contributed by atoms with van der Waals surface area (Å²) in [5.74, 6) is -0.806. The Morgan fingerprint density at radius 3 is 2.38 bits per heavy atom. The first-order valence-corrected chi connectivity index (χ1v) is 8.57. The lowest BCUT2D eigenvalue weighted by atomic mass is 9.94. The number of nitrogens with one attached hydrogen (secondary N) is 1. The number of nitriles is 1. The van der Waals surface area contributed by atoms with E-state index in [1.807, 2.05) is 24.3 Å². The number of nitrogens with zero attached hydrogens (tertiary/aromatic N) is 1. The summed E-state index contributed by atoms with van der Waals surface area (Å²) in [6, 6.07) is 14.8. The highest BCUT2D eigenvalue weighted by molar-refractivity contribution is 6.00. The maximum atomic E-state index is 12.9. The van der Waals surface area contributed by atoms with Gasteiger partial charge in [0.05, 0.1) is 18.2 Å². The second-order valence-electron chi connectivity index (χ2n) is 6.47. The molecule has 0 bridgehead atoms. The Morgan fingerprint density at radius 2 is 1.81 bits per heavy atom. The fraction of sp³-hybridized carbons (Fsp3) is 0.286. The highest BCUT2D eigenvalue weighted by atomic mass is 16.5. The van der Waals surface area contributed by atoms with Gasteiger partial charge in [0, 0.05) is 18.4 Å². The van der Waals surface area contributed by atoms with E-state index in [9.17, 15) is 14.9 Å². The molecule has 0 atom stereocenters. The van der Waals surface area contributed by atoms with Crippen LogP contribution in [0, 0.1) is 18.3 Å². The smallest absolute Gasteiger partial charge is 0.332 e. The first kappa shape index (κ1) is 17.7. The summed E-state index contributed by atoms with van der Waals surface area (Å²) in [7, 11) is 0. The molecule has 0 radical (unpaired) electrons. The maximum absolute atomic E-state index is 12.9. The molecule has 0 unspecified atom stereocenters. The SMILES string of the molecule is CCOC(=O)C1(NC(=O)c2cccc(C#N)c2C)Cc2ccccc2C1. The Labute approximate surface area is 152 Å². The van der Waals surface area contributed by atoms with Gasteiger partial charge in [-0.15, -0.1) is 0 Å². The second-order valence-corrected chi connectivity index (χ2v) is 6.47. The molecule has 3 rings (SSSR count). The quantitative estimate of drug-likeness (QED) is 0.862. The Bertz CT molecular complexity index is 887. The number of benzene rings is 2. The van der Waals surface area contributed by atoms with Gasteiger partial charge in [-0.25, -0.2) is 4.79 Å². The van der Waals surface area contributed by atoms with Gasteiger partial charge in [-0.3, -0.25) is 4.79 Å². The molecule has 1 amide bonds. The zero-order valence-electron chi connectivity index (χ0n) is 14.8. The van der Waals surface area contributed by atoms with Crippen LogP contribution < -0.4 is 5.32 Å². The van der Waals surface area contributed by atoms with Crippen molar-refractivity contribution in [2.24, 2.45) is 0 Å². The number of fused-ring (bicyclic) bond motifs is 1. The summed E-state index contributed by atoms with van der Waals surface area (Å²) in [5.41, 5.74) is 2.38. The van der Waals surface area contributed by atoms with Crippen molar-refractivity contribution in [2.45, 2.75) is 32.2 Å². The molecule has 2 aromatic rings. The van der Waals surface area contributed by atoms with Crippen LogP contribution in [-0.2, 0) is 22.4 Å². The molecule has 0 fully saturated rings. The molecule has 1 aliphatic rings. The summed E-state index contributed by atoms with van der Waals surface area (Å²) >= 11 is 0. The summed E-state index contributed by atoms with van der Waals surface area (Å²) in [5, 5.41) is 12.1. The van der Waals surface area contributed by atoms with E-state index in [4.69, 9.17) is 4.74 Å². The average molecular weight is 348 g/mol. The Morgan fingerprint density at radius 1 is 1.15 bits per heavy atom. The minimum atomic E-state index is -1.12. The van der Waals surface area contributed by atoms with Crippen molar-refractivity contribution in [3.8, 4) is 6.07 Å². The first-order chi connectivity index (χ1) is 12.5. The maximum Gasteiger partial charge on any atom is 0.332 e. The van der Waals surface area contributed by atoms with Gasteiger partial charge in [-0.2, -0.15) is 5.26 Å².